The van der Waals surface area contributed by atoms with Gasteiger partial charge in [-0.25, -0.2) is 0 Å². The van der Waals surface area contributed by atoms with Gasteiger partial charge in [0, 0.05) is 41.6 Å². The van der Waals surface area contributed by atoms with Crippen molar-refractivity contribution in [2.75, 3.05) is 36.5 Å². The number of ether oxygens (including phenoxy) is 1. The molecule has 1 fully saturated rings. The van der Waals surface area contributed by atoms with Gasteiger partial charge in [0.05, 0.1) is 18.5 Å². The Morgan fingerprint density at radius 1 is 1.12 bits per heavy atom. The first-order valence-corrected chi connectivity index (χ1v) is 11.9. The molecule has 32 heavy (non-hydrogen) atoms. The molecule has 1 aromatic heterocycles. The number of morpholine rings is 1. The lowest BCUT2D eigenvalue weighted by Crippen LogP contribution is -2.36. The van der Waals surface area contributed by atoms with Gasteiger partial charge in [0.1, 0.15) is 0 Å². The summed E-state index contributed by atoms with van der Waals surface area (Å²) in [7, 11) is 0. The van der Waals surface area contributed by atoms with Crippen LogP contribution in [0.25, 0.3) is 11.4 Å². The van der Waals surface area contributed by atoms with Crippen molar-refractivity contribution in [3.8, 4) is 11.4 Å². The molecule has 0 saturated carbocycles. The number of carbonyl (C=O) groups excluding carboxylic acids is 1. The Balaban J connectivity index is 1.40. The minimum Gasteiger partial charge on any atom is -0.378 e. The van der Waals surface area contributed by atoms with Crippen molar-refractivity contribution in [3.63, 3.8) is 0 Å². The van der Waals surface area contributed by atoms with Crippen LogP contribution in [0.2, 0.25) is 5.02 Å². The fraction of sp³-hybridized carbons (Fsp3) is 0.348. The highest BCUT2D eigenvalue weighted by Crippen LogP contribution is 2.28. The van der Waals surface area contributed by atoms with Crippen LogP contribution >= 0.6 is 23.4 Å². The Morgan fingerprint density at radius 2 is 1.81 bits per heavy atom. The summed E-state index contributed by atoms with van der Waals surface area (Å²) in [6.45, 7) is 7.87. The lowest BCUT2D eigenvalue weighted by molar-refractivity contribution is -0.115. The number of hydrogen-bond donors (Lipinski definition) is 1. The second kappa shape index (κ2) is 10.4. The largest absolute Gasteiger partial charge is 0.378 e. The number of aromatic nitrogens is 3. The summed E-state index contributed by atoms with van der Waals surface area (Å²) in [5, 5.41) is 12.7. The molecule has 1 amide bonds. The molecule has 1 atom stereocenters. The minimum absolute atomic E-state index is 0.0761. The third-order valence-electron chi connectivity index (χ3n) is 5.30. The zero-order valence-electron chi connectivity index (χ0n) is 18.1. The van der Waals surface area contributed by atoms with Crippen molar-refractivity contribution >= 4 is 40.6 Å². The predicted molar refractivity (Wildman–Crippen MR) is 130 cm³/mol. The number of anilines is 2. The number of nitrogens with zero attached hydrogens (tertiary/aromatic N) is 4. The molecular weight excluding hydrogens is 446 g/mol. The predicted octanol–water partition coefficient (Wildman–Crippen LogP) is 4.57. The maximum Gasteiger partial charge on any atom is 0.237 e. The van der Waals surface area contributed by atoms with Crippen LogP contribution in [0, 0.1) is 0 Å². The number of carbonyl (C=O) groups is 1. The Kier molecular flexibility index (Phi) is 7.34. The van der Waals surface area contributed by atoms with Gasteiger partial charge in [-0.2, -0.15) is 0 Å². The maximum absolute atomic E-state index is 12.8. The molecule has 1 N–H and O–H groups in total. The van der Waals surface area contributed by atoms with Crippen LogP contribution < -0.4 is 10.2 Å². The van der Waals surface area contributed by atoms with Crippen LogP contribution in [-0.2, 0) is 16.1 Å². The first kappa shape index (κ1) is 22.6. The number of benzene rings is 2. The van der Waals surface area contributed by atoms with E-state index in [1.165, 1.54) is 11.8 Å². The number of thioether (sulfide) groups is 1. The van der Waals surface area contributed by atoms with E-state index >= 15 is 0 Å². The van der Waals surface area contributed by atoms with Gasteiger partial charge in [-0.3, -0.25) is 4.79 Å². The molecule has 1 saturated heterocycles. The second-order valence-electron chi connectivity index (χ2n) is 7.45. The zero-order valence-corrected chi connectivity index (χ0v) is 19.7. The SMILES string of the molecule is CCn1c(SC(C)C(=O)Nc2ccc(N3CCOCC3)cc2)nnc1-c1ccc(Cl)cc1. The topological polar surface area (TPSA) is 72.3 Å². The van der Waals surface area contributed by atoms with E-state index in [4.69, 9.17) is 16.3 Å². The van der Waals surface area contributed by atoms with Crippen LogP contribution in [0.15, 0.2) is 53.7 Å². The lowest BCUT2D eigenvalue weighted by Gasteiger charge is -2.28. The highest BCUT2D eigenvalue weighted by Gasteiger charge is 2.20. The summed E-state index contributed by atoms with van der Waals surface area (Å²) in [4.78, 5) is 15.1. The van der Waals surface area contributed by atoms with Crippen molar-refractivity contribution in [1.82, 2.24) is 14.8 Å². The molecule has 0 spiro atoms. The summed E-state index contributed by atoms with van der Waals surface area (Å²) in [5.41, 5.74) is 2.85. The van der Waals surface area contributed by atoms with E-state index in [0.717, 1.165) is 49.1 Å². The Hall–Kier alpha value is -2.55. The van der Waals surface area contributed by atoms with Crippen molar-refractivity contribution in [2.24, 2.45) is 0 Å². The third kappa shape index (κ3) is 5.26. The van der Waals surface area contributed by atoms with E-state index in [2.05, 4.69) is 20.4 Å². The molecule has 4 rings (SSSR count). The van der Waals surface area contributed by atoms with Gasteiger partial charge in [0.15, 0.2) is 11.0 Å². The minimum atomic E-state index is -0.332. The summed E-state index contributed by atoms with van der Waals surface area (Å²) < 4.78 is 7.41. The smallest absolute Gasteiger partial charge is 0.237 e. The van der Waals surface area contributed by atoms with Gasteiger partial charge in [-0.1, -0.05) is 23.4 Å². The van der Waals surface area contributed by atoms with Crippen molar-refractivity contribution < 1.29 is 9.53 Å². The Morgan fingerprint density at radius 3 is 2.47 bits per heavy atom. The second-order valence-corrected chi connectivity index (χ2v) is 9.20. The van der Waals surface area contributed by atoms with Crippen molar-refractivity contribution in [1.29, 1.82) is 0 Å². The molecule has 1 unspecified atom stereocenters. The van der Waals surface area contributed by atoms with Crippen LogP contribution in [0.1, 0.15) is 13.8 Å². The maximum atomic E-state index is 12.8. The monoisotopic (exact) mass is 471 g/mol. The summed E-state index contributed by atoms with van der Waals surface area (Å²) >= 11 is 7.39. The third-order valence-corrected chi connectivity index (χ3v) is 6.63. The molecule has 1 aliphatic rings. The molecule has 0 radical (unpaired) electrons. The first-order chi connectivity index (χ1) is 15.5. The standard InChI is InChI=1S/C23H26ClN5O2S/c1-3-29-21(17-4-6-18(24)7-5-17)26-27-23(29)32-16(2)22(30)25-19-8-10-20(11-9-19)28-12-14-31-15-13-28/h4-11,16H,3,12-15H2,1-2H3,(H,25,30). The normalized spacial score (nSPS) is 14.9. The number of hydrogen-bond acceptors (Lipinski definition) is 6. The molecule has 2 aromatic carbocycles. The van der Waals surface area contributed by atoms with E-state index in [9.17, 15) is 4.79 Å². The number of rotatable bonds is 7. The van der Waals surface area contributed by atoms with Crippen LogP contribution in [0.3, 0.4) is 0 Å². The van der Waals surface area contributed by atoms with E-state index in [1.807, 2.05) is 66.9 Å². The lowest BCUT2D eigenvalue weighted by atomic mass is 10.2. The van der Waals surface area contributed by atoms with Gasteiger partial charge in [0.2, 0.25) is 5.91 Å². The molecule has 168 valence electrons. The summed E-state index contributed by atoms with van der Waals surface area (Å²) in [6.07, 6.45) is 0. The molecule has 7 nitrogen and oxygen atoms in total. The quantitative estimate of drug-likeness (QED) is 0.509. The van der Waals surface area contributed by atoms with Gasteiger partial charge in [-0.05, 0) is 62.4 Å². The van der Waals surface area contributed by atoms with E-state index in [-0.39, 0.29) is 11.2 Å². The van der Waals surface area contributed by atoms with Gasteiger partial charge >= 0.3 is 0 Å². The van der Waals surface area contributed by atoms with E-state index in [1.54, 1.807) is 0 Å². The van der Waals surface area contributed by atoms with E-state index in [0.29, 0.717) is 16.7 Å². The zero-order chi connectivity index (χ0) is 22.5. The molecule has 1 aliphatic heterocycles. The summed E-state index contributed by atoms with van der Waals surface area (Å²) in [6, 6.07) is 15.4. The number of nitrogens with one attached hydrogen (secondary N) is 1. The molecule has 0 aliphatic carbocycles. The van der Waals surface area contributed by atoms with Crippen LogP contribution in [-0.4, -0.2) is 52.2 Å². The van der Waals surface area contributed by atoms with Gasteiger partial charge in [0.25, 0.3) is 0 Å². The average Bonchev–Trinajstić information content (AvgIpc) is 3.23. The number of amides is 1. The van der Waals surface area contributed by atoms with Crippen molar-refractivity contribution in [3.05, 3.63) is 53.6 Å². The fourth-order valence-electron chi connectivity index (χ4n) is 3.51. The van der Waals surface area contributed by atoms with Crippen molar-refractivity contribution in [2.45, 2.75) is 30.8 Å². The average molecular weight is 472 g/mol. The molecule has 0 bridgehead atoms. The van der Waals surface area contributed by atoms with Crippen LogP contribution in [0.5, 0.6) is 0 Å². The molecule has 9 heteroatoms. The highest BCUT2D eigenvalue weighted by atomic mass is 35.5. The molecule has 2 heterocycles. The van der Waals surface area contributed by atoms with Crippen LogP contribution in [0.4, 0.5) is 11.4 Å². The summed E-state index contributed by atoms with van der Waals surface area (Å²) in [5.74, 6) is 0.686. The Bertz CT molecular complexity index is 1050. The van der Waals surface area contributed by atoms with Gasteiger partial charge < -0.3 is 19.5 Å². The molecular formula is C23H26ClN5O2S. The van der Waals surface area contributed by atoms with Gasteiger partial charge in [-0.15, -0.1) is 10.2 Å². The number of halogens is 1. The first-order valence-electron chi connectivity index (χ1n) is 10.6. The molecule has 3 aromatic rings. The Labute approximate surface area is 197 Å². The highest BCUT2D eigenvalue weighted by molar-refractivity contribution is 8.00. The van der Waals surface area contributed by atoms with E-state index < -0.39 is 0 Å². The fourth-order valence-corrected chi connectivity index (χ4v) is 4.55.